The normalized spacial score (nSPS) is 18.1. The van der Waals surface area contributed by atoms with Crippen LogP contribution < -0.4 is 0 Å². The Balaban J connectivity index is 1.10. The minimum Gasteiger partial charge on any atom is -0.342 e. The zero-order chi connectivity index (χ0) is 24.3. The fraction of sp³-hybridized carbons (Fsp3) is 0.379. The first-order valence-corrected chi connectivity index (χ1v) is 13.0. The SMILES string of the molecule is O=C(C1CCN(Cc2ccncc2)CC1)N1CCC(n2c(-c3ccccn3)nc3ccccc32)CC1. The smallest absolute Gasteiger partial charge is 0.225 e. The molecule has 2 saturated heterocycles. The zero-order valence-electron chi connectivity index (χ0n) is 20.5. The molecule has 4 aromatic rings. The van der Waals surface area contributed by atoms with Gasteiger partial charge in [0.25, 0.3) is 0 Å². The number of hydrogen-bond acceptors (Lipinski definition) is 5. The Bertz CT molecular complexity index is 1310. The van der Waals surface area contributed by atoms with Crippen molar-refractivity contribution < 1.29 is 4.79 Å². The van der Waals surface area contributed by atoms with Crippen LogP contribution in [0.25, 0.3) is 22.6 Å². The highest BCUT2D eigenvalue weighted by atomic mass is 16.2. The number of fused-ring (bicyclic) bond motifs is 1. The molecule has 0 saturated carbocycles. The number of piperidine rings is 2. The third kappa shape index (κ3) is 4.63. The number of nitrogens with zero attached hydrogens (tertiary/aromatic N) is 6. The lowest BCUT2D eigenvalue weighted by atomic mass is 9.93. The van der Waals surface area contributed by atoms with Crippen LogP contribution in [-0.2, 0) is 11.3 Å². The molecule has 0 aliphatic carbocycles. The van der Waals surface area contributed by atoms with Gasteiger partial charge >= 0.3 is 0 Å². The first-order valence-electron chi connectivity index (χ1n) is 13.0. The number of likely N-dealkylation sites (tertiary alicyclic amines) is 2. The van der Waals surface area contributed by atoms with E-state index < -0.39 is 0 Å². The summed E-state index contributed by atoms with van der Waals surface area (Å²) in [5, 5.41) is 0. The summed E-state index contributed by atoms with van der Waals surface area (Å²) in [6, 6.07) is 18.7. The Kier molecular flexibility index (Phi) is 6.47. The lowest BCUT2D eigenvalue weighted by Crippen LogP contribution is -2.45. The van der Waals surface area contributed by atoms with Crippen molar-refractivity contribution in [2.75, 3.05) is 26.2 Å². The average Bonchev–Trinajstić information content (AvgIpc) is 3.34. The Morgan fingerprint density at radius 3 is 2.33 bits per heavy atom. The van der Waals surface area contributed by atoms with E-state index in [1.54, 1.807) is 0 Å². The van der Waals surface area contributed by atoms with E-state index in [1.807, 2.05) is 42.9 Å². The van der Waals surface area contributed by atoms with E-state index >= 15 is 0 Å². The van der Waals surface area contributed by atoms with Gasteiger partial charge in [-0.25, -0.2) is 4.98 Å². The predicted molar refractivity (Wildman–Crippen MR) is 140 cm³/mol. The van der Waals surface area contributed by atoms with Gasteiger partial charge in [0.05, 0.1) is 11.0 Å². The van der Waals surface area contributed by atoms with Crippen molar-refractivity contribution in [2.24, 2.45) is 5.92 Å². The van der Waals surface area contributed by atoms with Crippen molar-refractivity contribution in [3.05, 3.63) is 78.8 Å². The zero-order valence-corrected chi connectivity index (χ0v) is 20.5. The summed E-state index contributed by atoms with van der Waals surface area (Å²) in [5.41, 5.74) is 4.32. The van der Waals surface area contributed by atoms with E-state index in [9.17, 15) is 4.79 Å². The summed E-state index contributed by atoms with van der Waals surface area (Å²) in [4.78, 5) is 31.6. The number of hydrogen-bond donors (Lipinski definition) is 0. The van der Waals surface area contributed by atoms with E-state index in [0.29, 0.717) is 11.9 Å². The van der Waals surface area contributed by atoms with E-state index in [1.165, 1.54) is 5.56 Å². The van der Waals surface area contributed by atoms with Crippen LogP contribution in [0.3, 0.4) is 0 Å². The Hall–Kier alpha value is -3.58. The van der Waals surface area contributed by atoms with E-state index in [2.05, 4.69) is 54.7 Å². The number of amides is 1. The number of carbonyl (C=O) groups excluding carboxylic acids is 1. The van der Waals surface area contributed by atoms with Crippen LogP contribution in [0.15, 0.2) is 73.2 Å². The Morgan fingerprint density at radius 2 is 1.58 bits per heavy atom. The molecule has 5 heterocycles. The Labute approximate surface area is 211 Å². The minimum absolute atomic E-state index is 0.147. The van der Waals surface area contributed by atoms with Crippen LogP contribution in [-0.4, -0.2) is 61.4 Å². The third-order valence-electron chi connectivity index (χ3n) is 7.72. The molecule has 1 amide bonds. The monoisotopic (exact) mass is 480 g/mol. The fourth-order valence-electron chi connectivity index (χ4n) is 5.78. The molecule has 0 bridgehead atoms. The first kappa shape index (κ1) is 22.9. The molecular weight excluding hydrogens is 448 g/mol. The molecule has 7 heteroatoms. The second-order valence-electron chi connectivity index (χ2n) is 9.97. The number of pyridine rings is 2. The highest BCUT2D eigenvalue weighted by molar-refractivity contribution is 5.81. The molecular formula is C29H32N6O. The molecule has 0 unspecified atom stereocenters. The number of aromatic nitrogens is 4. The largest absolute Gasteiger partial charge is 0.342 e. The molecule has 2 aliphatic heterocycles. The number of para-hydroxylation sites is 2. The second kappa shape index (κ2) is 10.2. The average molecular weight is 481 g/mol. The van der Waals surface area contributed by atoms with Gasteiger partial charge in [0.15, 0.2) is 5.82 Å². The van der Waals surface area contributed by atoms with Crippen LogP contribution >= 0.6 is 0 Å². The fourth-order valence-corrected chi connectivity index (χ4v) is 5.78. The van der Waals surface area contributed by atoms with Gasteiger partial charge in [0, 0.05) is 50.2 Å². The molecule has 0 spiro atoms. The highest BCUT2D eigenvalue weighted by Gasteiger charge is 2.32. The molecule has 7 nitrogen and oxygen atoms in total. The molecule has 3 aromatic heterocycles. The van der Waals surface area contributed by atoms with Gasteiger partial charge in [-0.3, -0.25) is 19.7 Å². The maximum atomic E-state index is 13.4. The van der Waals surface area contributed by atoms with Crippen molar-refractivity contribution in [1.82, 2.24) is 29.3 Å². The molecule has 1 aromatic carbocycles. The molecule has 184 valence electrons. The second-order valence-corrected chi connectivity index (χ2v) is 9.97. The summed E-state index contributed by atoms with van der Waals surface area (Å²) in [6.07, 6.45) is 9.28. The molecule has 0 N–H and O–H groups in total. The molecule has 36 heavy (non-hydrogen) atoms. The number of rotatable bonds is 5. The summed E-state index contributed by atoms with van der Waals surface area (Å²) < 4.78 is 2.36. The van der Waals surface area contributed by atoms with Crippen molar-refractivity contribution in [1.29, 1.82) is 0 Å². The lowest BCUT2D eigenvalue weighted by Gasteiger charge is -2.38. The van der Waals surface area contributed by atoms with Gasteiger partial charge in [-0.2, -0.15) is 0 Å². The van der Waals surface area contributed by atoms with E-state index in [-0.39, 0.29) is 5.92 Å². The van der Waals surface area contributed by atoms with Gasteiger partial charge in [0.1, 0.15) is 5.69 Å². The summed E-state index contributed by atoms with van der Waals surface area (Å²) >= 11 is 0. The van der Waals surface area contributed by atoms with Crippen LogP contribution in [0, 0.1) is 5.92 Å². The standard InChI is InChI=1S/C29H32N6O/c36-29(23-10-17-33(18-11-23)21-22-8-15-30-16-9-22)34-19-12-24(13-20-34)35-27-7-2-1-5-25(27)32-28(35)26-6-3-4-14-31-26/h1-9,14-16,23-24H,10-13,17-21H2. The van der Waals surface area contributed by atoms with Crippen molar-refractivity contribution in [2.45, 2.75) is 38.3 Å². The molecule has 0 atom stereocenters. The summed E-state index contributed by atoms with van der Waals surface area (Å²) in [5.74, 6) is 1.41. The lowest BCUT2D eigenvalue weighted by molar-refractivity contribution is -0.138. The maximum Gasteiger partial charge on any atom is 0.225 e. The van der Waals surface area contributed by atoms with Gasteiger partial charge in [-0.15, -0.1) is 0 Å². The van der Waals surface area contributed by atoms with Crippen LogP contribution in [0.4, 0.5) is 0 Å². The van der Waals surface area contributed by atoms with Crippen LogP contribution in [0.2, 0.25) is 0 Å². The van der Waals surface area contributed by atoms with Crippen molar-refractivity contribution in [3.8, 4) is 11.5 Å². The topological polar surface area (TPSA) is 67.2 Å². The summed E-state index contributed by atoms with van der Waals surface area (Å²) in [6.45, 7) is 4.49. The van der Waals surface area contributed by atoms with Gasteiger partial charge < -0.3 is 9.47 Å². The Morgan fingerprint density at radius 1 is 0.833 bits per heavy atom. The first-order chi connectivity index (χ1) is 17.8. The number of carbonyl (C=O) groups is 1. The molecule has 0 radical (unpaired) electrons. The number of imidazole rings is 1. The third-order valence-corrected chi connectivity index (χ3v) is 7.72. The van der Waals surface area contributed by atoms with Crippen molar-refractivity contribution in [3.63, 3.8) is 0 Å². The quantitative estimate of drug-likeness (QED) is 0.419. The predicted octanol–water partition coefficient (Wildman–Crippen LogP) is 4.57. The van der Waals surface area contributed by atoms with E-state index in [4.69, 9.17) is 4.98 Å². The van der Waals surface area contributed by atoms with Gasteiger partial charge in [0.2, 0.25) is 5.91 Å². The van der Waals surface area contributed by atoms with Crippen molar-refractivity contribution >= 4 is 16.9 Å². The molecule has 6 rings (SSSR count). The van der Waals surface area contributed by atoms with Gasteiger partial charge in [-0.1, -0.05) is 18.2 Å². The molecule has 2 aliphatic rings. The minimum atomic E-state index is 0.147. The van der Waals surface area contributed by atoms with Crippen LogP contribution in [0.5, 0.6) is 0 Å². The van der Waals surface area contributed by atoms with Crippen LogP contribution in [0.1, 0.15) is 37.3 Å². The van der Waals surface area contributed by atoms with E-state index in [0.717, 1.165) is 81.0 Å². The highest BCUT2D eigenvalue weighted by Crippen LogP contribution is 2.33. The maximum absolute atomic E-state index is 13.4. The summed E-state index contributed by atoms with van der Waals surface area (Å²) in [7, 11) is 0. The van der Waals surface area contributed by atoms with Gasteiger partial charge in [-0.05, 0) is 80.7 Å². The molecule has 2 fully saturated rings. The number of benzene rings is 1.